The maximum atomic E-state index is 12.2. The van der Waals surface area contributed by atoms with Crippen LogP contribution >= 0.6 is 11.3 Å². The fraction of sp³-hybridized carbons (Fsp3) is 0.333. The predicted octanol–water partition coefficient (Wildman–Crippen LogP) is 2.15. The van der Waals surface area contributed by atoms with Crippen LogP contribution in [-0.4, -0.2) is 28.6 Å². The highest BCUT2D eigenvalue weighted by molar-refractivity contribution is 7.13. The summed E-state index contributed by atoms with van der Waals surface area (Å²) in [5.74, 6) is -0.571. The quantitative estimate of drug-likeness (QED) is 0.941. The Hall–Kier alpha value is -2.28. The van der Waals surface area contributed by atoms with E-state index < -0.39 is 0 Å². The van der Waals surface area contributed by atoms with E-state index >= 15 is 0 Å². The number of nitrogens with zero attached hydrogens (tertiary/aromatic N) is 3. The van der Waals surface area contributed by atoms with Gasteiger partial charge in [0.15, 0.2) is 0 Å². The first-order valence-electron chi connectivity index (χ1n) is 6.99. The van der Waals surface area contributed by atoms with Gasteiger partial charge in [-0.3, -0.25) is 9.59 Å². The number of rotatable bonds is 3. The van der Waals surface area contributed by atoms with Crippen molar-refractivity contribution >= 4 is 34.0 Å². The Morgan fingerprint density at radius 2 is 2.23 bits per heavy atom. The van der Waals surface area contributed by atoms with Gasteiger partial charge in [0.2, 0.25) is 16.9 Å². The summed E-state index contributed by atoms with van der Waals surface area (Å²) in [7, 11) is 0. The van der Waals surface area contributed by atoms with Gasteiger partial charge in [-0.15, -0.1) is 10.2 Å². The number of carbonyl (C=O) groups is 2. The molecule has 1 N–H and O–H groups in total. The molecule has 1 aromatic heterocycles. The number of aromatic nitrogens is 2. The lowest BCUT2D eigenvalue weighted by molar-refractivity contribution is -0.122. The van der Waals surface area contributed by atoms with Crippen LogP contribution < -0.4 is 10.2 Å². The molecule has 3 rings (SSSR count). The number of aryl methyl sites for hydroxylation is 2. The zero-order chi connectivity index (χ0) is 15.7. The van der Waals surface area contributed by atoms with E-state index in [0.29, 0.717) is 11.7 Å². The standard InChI is InChI=1S/C15H16N4O2S/c1-9-3-4-12(10(2)5-9)19-7-11(6-13(19)20)14(21)17-15-18-16-8-22-15/h3-5,8,11H,6-7H2,1-2H3,(H,17,18,21). The SMILES string of the molecule is Cc1ccc(N2CC(C(=O)Nc3nncs3)CC2=O)c(C)c1. The third-order valence-electron chi connectivity index (χ3n) is 3.73. The Balaban J connectivity index is 1.74. The second-order valence-corrected chi connectivity index (χ2v) is 6.26. The van der Waals surface area contributed by atoms with Gasteiger partial charge in [0, 0.05) is 18.7 Å². The second-order valence-electron chi connectivity index (χ2n) is 5.43. The molecule has 1 unspecified atom stereocenters. The van der Waals surface area contributed by atoms with Crippen molar-refractivity contribution in [1.29, 1.82) is 0 Å². The molecule has 2 amide bonds. The smallest absolute Gasteiger partial charge is 0.231 e. The lowest BCUT2D eigenvalue weighted by Gasteiger charge is -2.19. The topological polar surface area (TPSA) is 75.2 Å². The van der Waals surface area contributed by atoms with Gasteiger partial charge in [-0.25, -0.2) is 0 Å². The van der Waals surface area contributed by atoms with Crippen LogP contribution in [0.3, 0.4) is 0 Å². The molecule has 0 spiro atoms. The first-order valence-corrected chi connectivity index (χ1v) is 7.87. The van der Waals surface area contributed by atoms with Crippen LogP contribution in [0.2, 0.25) is 0 Å². The summed E-state index contributed by atoms with van der Waals surface area (Å²) in [5.41, 5.74) is 4.62. The molecule has 6 nitrogen and oxygen atoms in total. The van der Waals surface area contributed by atoms with Crippen LogP contribution in [0.1, 0.15) is 17.5 Å². The maximum Gasteiger partial charge on any atom is 0.231 e. The molecule has 1 saturated heterocycles. The summed E-state index contributed by atoms with van der Waals surface area (Å²) in [6.45, 7) is 4.39. The Bertz CT molecular complexity index is 714. The summed E-state index contributed by atoms with van der Waals surface area (Å²) in [6, 6.07) is 5.95. The normalized spacial score (nSPS) is 17.8. The van der Waals surface area contributed by atoms with E-state index in [-0.39, 0.29) is 24.2 Å². The Kier molecular flexibility index (Phi) is 3.89. The molecular weight excluding hydrogens is 300 g/mol. The minimum absolute atomic E-state index is 0.0237. The molecule has 7 heteroatoms. The maximum absolute atomic E-state index is 12.2. The number of amides is 2. The van der Waals surface area contributed by atoms with Gasteiger partial charge in [-0.2, -0.15) is 0 Å². The molecule has 22 heavy (non-hydrogen) atoms. The largest absolute Gasteiger partial charge is 0.311 e. The highest BCUT2D eigenvalue weighted by Gasteiger charge is 2.35. The summed E-state index contributed by atoms with van der Waals surface area (Å²) in [5, 5.41) is 10.6. The molecule has 2 heterocycles. The van der Waals surface area contributed by atoms with Gasteiger partial charge < -0.3 is 10.2 Å². The monoisotopic (exact) mass is 316 g/mol. The van der Waals surface area contributed by atoms with Crippen molar-refractivity contribution in [3.8, 4) is 0 Å². The van der Waals surface area contributed by atoms with Crippen molar-refractivity contribution in [2.75, 3.05) is 16.8 Å². The molecule has 1 aromatic carbocycles. The minimum atomic E-state index is -0.364. The minimum Gasteiger partial charge on any atom is -0.311 e. The van der Waals surface area contributed by atoms with Crippen LogP contribution in [0.4, 0.5) is 10.8 Å². The lowest BCUT2D eigenvalue weighted by atomic mass is 10.1. The van der Waals surface area contributed by atoms with Crippen molar-refractivity contribution in [3.63, 3.8) is 0 Å². The molecule has 0 bridgehead atoms. The van der Waals surface area contributed by atoms with Gasteiger partial charge in [0.1, 0.15) is 5.51 Å². The Morgan fingerprint density at radius 1 is 1.41 bits per heavy atom. The van der Waals surface area contributed by atoms with Crippen LogP contribution in [0.15, 0.2) is 23.7 Å². The van der Waals surface area contributed by atoms with Gasteiger partial charge >= 0.3 is 0 Å². The molecular formula is C15H16N4O2S. The molecule has 0 aliphatic carbocycles. The van der Waals surface area contributed by atoms with E-state index in [2.05, 4.69) is 15.5 Å². The van der Waals surface area contributed by atoms with E-state index in [0.717, 1.165) is 16.8 Å². The van der Waals surface area contributed by atoms with Gasteiger partial charge in [-0.05, 0) is 25.5 Å². The molecule has 1 aliphatic rings. The molecule has 0 radical (unpaired) electrons. The average molecular weight is 316 g/mol. The van der Waals surface area contributed by atoms with Gasteiger partial charge in [0.05, 0.1) is 5.92 Å². The van der Waals surface area contributed by atoms with E-state index in [9.17, 15) is 9.59 Å². The highest BCUT2D eigenvalue weighted by Crippen LogP contribution is 2.29. The number of carbonyl (C=O) groups excluding carboxylic acids is 2. The second kappa shape index (κ2) is 5.84. The highest BCUT2D eigenvalue weighted by atomic mass is 32.1. The molecule has 0 saturated carbocycles. The molecule has 1 fully saturated rings. The van der Waals surface area contributed by atoms with Crippen molar-refractivity contribution in [2.45, 2.75) is 20.3 Å². The summed E-state index contributed by atoms with van der Waals surface area (Å²) in [6.07, 6.45) is 0.220. The number of benzene rings is 1. The third kappa shape index (κ3) is 2.85. The average Bonchev–Trinajstić information content (AvgIpc) is 3.09. The Labute approximate surface area is 132 Å². The number of nitrogens with one attached hydrogen (secondary N) is 1. The fourth-order valence-corrected chi connectivity index (χ4v) is 3.11. The van der Waals surface area contributed by atoms with E-state index in [4.69, 9.17) is 0 Å². The zero-order valence-electron chi connectivity index (χ0n) is 12.4. The third-order valence-corrected chi connectivity index (χ3v) is 4.34. The summed E-state index contributed by atoms with van der Waals surface area (Å²) >= 11 is 1.26. The van der Waals surface area contributed by atoms with Crippen molar-refractivity contribution in [3.05, 3.63) is 34.8 Å². The first-order chi connectivity index (χ1) is 10.5. The van der Waals surface area contributed by atoms with Crippen LogP contribution in [0, 0.1) is 19.8 Å². The van der Waals surface area contributed by atoms with Crippen molar-refractivity contribution in [2.24, 2.45) is 5.92 Å². The summed E-state index contributed by atoms with van der Waals surface area (Å²) < 4.78 is 0. The predicted molar refractivity (Wildman–Crippen MR) is 84.9 cm³/mol. The van der Waals surface area contributed by atoms with Crippen molar-refractivity contribution < 1.29 is 9.59 Å². The lowest BCUT2D eigenvalue weighted by Crippen LogP contribution is -2.28. The molecule has 114 valence electrons. The Morgan fingerprint density at radius 3 is 2.91 bits per heavy atom. The van der Waals surface area contributed by atoms with Crippen molar-refractivity contribution in [1.82, 2.24) is 10.2 Å². The van der Waals surface area contributed by atoms with Gasteiger partial charge in [-0.1, -0.05) is 29.0 Å². The number of anilines is 2. The number of hydrogen-bond acceptors (Lipinski definition) is 5. The van der Waals surface area contributed by atoms with Crippen LogP contribution in [0.5, 0.6) is 0 Å². The zero-order valence-corrected chi connectivity index (χ0v) is 13.2. The van der Waals surface area contributed by atoms with E-state index in [1.165, 1.54) is 11.3 Å². The van der Waals surface area contributed by atoms with E-state index in [1.54, 1.807) is 10.4 Å². The molecule has 1 atom stereocenters. The van der Waals surface area contributed by atoms with Crippen LogP contribution in [-0.2, 0) is 9.59 Å². The summed E-state index contributed by atoms with van der Waals surface area (Å²) in [4.78, 5) is 26.2. The fourth-order valence-electron chi connectivity index (χ4n) is 2.66. The van der Waals surface area contributed by atoms with E-state index in [1.807, 2.05) is 32.0 Å². The number of hydrogen-bond donors (Lipinski definition) is 1. The molecule has 1 aliphatic heterocycles. The van der Waals surface area contributed by atoms with Crippen LogP contribution in [0.25, 0.3) is 0 Å². The van der Waals surface area contributed by atoms with Gasteiger partial charge in [0.25, 0.3) is 0 Å². The first kappa shape index (κ1) is 14.6. The molecule has 2 aromatic rings.